The van der Waals surface area contributed by atoms with Gasteiger partial charge in [0.15, 0.2) is 0 Å². The van der Waals surface area contributed by atoms with Gasteiger partial charge in [-0.05, 0) is 61.5 Å². The van der Waals surface area contributed by atoms with Gasteiger partial charge in [0.25, 0.3) is 0 Å². The van der Waals surface area contributed by atoms with Gasteiger partial charge in [0.1, 0.15) is 0 Å². The quantitative estimate of drug-likeness (QED) is 0.873. The Morgan fingerprint density at radius 1 is 1.18 bits per heavy atom. The summed E-state index contributed by atoms with van der Waals surface area (Å²) in [7, 11) is 0. The lowest BCUT2D eigenvalue weighted by Gasteiger charge is -2.21. The van der Waals surface area contributed by atoms with Gasteiger partial charge in [-0.25, -0.2) is 0 Å². The largest absolute Gasteiger partial charge is 0.342 e. The van der Waals surface area contributed by atoms with Crippen molar-refractivity contribution in [3.63, 3.8) is 0 Å². The van der Waals surface area contributed by atoms with E-state index in [2.05, 4.69) is 5.32 Å². The van der Waals surface area contributed by atoms with Crippen LogP contribution >= 0.6 is 35.6 Å². The molecule has 22 heavy (non-hydrogen) atoms. The van der Waals surface area contributed by atoms with Crippen LogP contribution in [0, 0.1) is 11.8 Å². The number of hydrogen-bond acceptors (Lipinski definition) is 2. The van der Waals surface area contributed by atoms with Gasteiger partial charge < -0.3 is 10.2 Å². The van der Waals surface area contributed by atoms with Gasteiger partial charge in [0, 0.05) is 23.1 Å². The van der Waals surface area contributed by atoms with E-state index in [4.69, 9.17) is 23.2 Å². The SMILES string of the molecule is Cl.O=C(Cc1cc(Cl)ccc1Cl)N1CC[C@@H]2CNC[C@@H]2CC1. The first kappa shape index (κ1) is 17.9. The van der Waals surface area contributed by atoms with Crippen LogP contribution in [0.5, 0.6) is 0 Å². The molecule has 0 spiro atoms. The van der Waals surface area contributed by atoms with Crippen molar-refractivity contribution in [1.82, 2.24) is 10.2 Å². The van der Waals surface area contributed by atoms with Gasteiger partial charge >= 0.3 is 0 Å². The Labute approximate surface area is 147 Å². The highest BCUT2D eigenvalue weighted by Gasteiger charge is 2.31. The third-order valence-corrected chi connectivity index (χ3v) is 5.33. The first-order chi connectivity index (χ1) is 10.1. The number of amides is 1. The van der Waals surface area contributed by atoms with E-state index >= 15 is 0 Å². The molecule has 2 aliphatic rings. The van der Waals surface area contributed by atoms with Crippen molar-refractivity contribution >= 4 is 41.5 Å². The molecule has 0 bridgehead atoms. The third kappa shape index (κ3) is 4.08. The van der Waals surface area contributed by atoms with E-state index in [1.807, 2.05) is 4.90 Å². The lowest BCUT2D eigenvalue weighted by atomic mass is 9.92. The van der Waals surface area contributed by atoms with Crippen molar-refractivity contribution in [2.75, 3.05) is 26.2 Å². The topological polar surface area (TPSA) is 32.3 Å². The average molecular weight is 364 g/mol. The second-order valence-corrected chi connectivity index (χ2v) is 6.89. The van der Waals surface area contributed by atoms with Crippen molar-refractivity contribution in [3.05, 3.63) is 33.8 Å². The zero-order chi connectivity index (χ0) is 14.8. The zero-order valence-electron chi connectivity index (χ0n) is 12.4. The van der Waals surface area contributed by atoms with Crippen LogP contribution in [0.2, 0.25) is 10.0 Å². The number of likely N-dealkylation sites (tertiary alicyclic amines) is 1. The summed E-state index contributed by atoms with van der Waals surface area (Å²) in [5.74, 6) is 1.63. The van der Waals surface area contributed by atoms with Crippen molar-refractivity contribution in [1.29, 1.82) is 0 Å². The third-order valence-electron chi connectivity index (χ3n) is 4.72. The maximum Gasteiger partial charge on any atom is 0.227 e. The van der Waals surface area contributed by atoms with E-state index in [1.165, 1.54) is 0 Å². The molecule has 1 N–H and O–H groups in total. The molecule has 0 unspecified atom stereocenters. The van der Waals surface area contributed by atoms with E-state index in [9.17, 15) is 4.79 Å². The van der Waals surface area contributed by atoms with E-state index in [0.29, 0.717) is 16.5 Å². The Balaban J connectivity index is 0.00000176. The molecule has 2 saturated heterocycles. The van der Waals surface area contributed by atoms with Crippen molar-refractivity contribution in [2.45, 2.75) is 19.3 Å². The Morgan fingerprint density at radius 3 is 2.45 bits per heavy atom. The molecule has 3 nitrogen and oxygen atoms in total. The molecular weight excluding hydrogens is 343 g/mol. The first-order valence-corrected chi connectivity index (χ1v) is 8.31. The van der Waals surface area contributed by atoms with E-state index in [-0.39, 0.29) is 18.3 Å². The molecule has 0 saturated carbocycles. The summed E-state index contributed by atoms with van der Waals surface area (Å²) < 4.78 is 0. The molecule has 0 aliphatic carbocycles. The molecule has 2 fully saturated rings. The number of halogens is 3. The van der Waals surface area contributed by atoms with Gasteiger partial charge in [-0.2, -0.15) is 0 Å². The van der Waals surface area contributed by atoms with Crippen LogP contribution in [-0.4, -0.2) is 37.0 Å². The zero-order valence-corrected chi connectivity index (χ0v) is 14.7. The van der Waals surface area contributed by atoms with Gasteiger partial charge in [0.2, 0.25) is 5.91 Å². The molecule has 1 amide bonds. The highest BCUT2D eigenvalue weighted by Crippen LogP contribution is 2.28. The molecule has 1 aromatic rings. The highest BCUT2D eigenvalue weighted by atomic mass is 35.5. The van der Waals surface area contributed by atoms with Crippen LogP contribution in [0.3, 0.4) is 0 Å². The van der Waals surface area contributed by atoms with E-state index in [0.717, 1.165) is 56.4 Å². The van der Waals surface area contributed by atoms with Gasteiger partial charge in [-0.15, -0.1) is 12.4 Å². The number of nitrogens with zero attached hydrogens (tertiary/aromatic N) is 1. The maximum absolute atomic E-state index is 12.5. The summed E-state index contributed by atoms with van der Waals surface area (Å²) in [6, 6.07) is 5.29. The summed E-state index contributed by atoms with van der Waals surface area (Å²) in [6.07, 6.45) is 2.55. The smallest absolute Gasteiger partial charge is 0.227 e. The molecule has 2 aliphatic heterocycles. The Kier molecular flexibility index (Phi) is 6.39. The number of benzene rings is 1. The van der Waals surface area contributed by atoms with Crippen LogP contribution in [0.15, 0.2) is 18.2 Å². The lowest BCUT2D eigenvalue weighted by molar-refractivity contribution is -0.130. The standard InChI is InChI=1S/C16H20Cl2N2O.ClH/c17-14-1-2-15(18)13(7-14)8-16(21)20-5-3-11-9-19-10-12(11)4-6-20;/h1-2,7,11-12,19H,3-6,8-10H2;1H/t11-,12+;. The molecule has 2 heterocycles. The lowest BCUT2D eigenvalue weighted by Crippen LogP contribution is -2.34. The van der Waals surface area contributed by atoms with Crippen LogP contribution in [-0.2, 0) is 11.2 Å². The molecular formula is C16H21Cl3N2O. The summed E-state index contributed by atoms with van der Waals surface area (Å²) in [4.78, 5) is 14.5. The van der Waals surface area contributed by atoms with Crippen LogP contribution in [0.1, 0.15) is 18.4 Å². The van der Waals surface area contributed by atoms with Gasteiger partial charge in [-0.1, -0.05) is 23.2 Å². The number of rotatable bonds is 2. The maximum atomic E-state index is 12.5. The monoisotopic (exact) mass is 362 g/mol. The Bertz CT molecular complexity index is 524. The minimum Gasteiger partial charge on any atom is -0.342 e. The molecule has 1 aromatic carbocycles. The van der Waals surface area contributed by atoms with Crippen molar-refractivity contribution < 1.29 is 4.79 Å². The second kappa shape index (κ2) is 7.87. The summed E-state index contributed by atoms with van der Waals surface area (Å²) >= 11 is 12.1. The molecule has 0 aromatic heterocycles. The van der Waals surface area contributed by atoms with Gasteiger partial charge in [-0.3, -0.25) is 4.79 Å². The van der Waals surface area contributed by atoms with Crippen LogP contribution < -0.4 is 5.32 Å². The second-order valence-electron chi connectivity index (χ2n) is 6.05. The summed E-state index contributed by atoms with van der Waals surface area (Å²) in [5.41, 5.74) is 0.820. The highest BCUT2D eigenvalue weighted by molar-refractivity contribution is 6.33. The Morgan fingerprint density at radius 2 is 1.82 bits per heavy atom. The average Bonchev–Trinajstić information content (AvgIpc) is 2.81. The fourth-order valence-electron chi connectivity index (χ4n) is 3.42. The number of carbonyl (C=O) groups excluding carboxylic acids is 1. The molecule has 2 atom stereocenters. The van der Waals surface area contributed by atoms with E-state index < -0.39 is 0 Å². The van der Waals surface area contributed by atoms with Crippen molar-refractivity contribution in [3.8, 4) is 0 Å². The number of carbonyl (C=O) groups is 1. The van der Waals surface area contributed by atoms with Crippen LogP contribution in [0.25, 0.3) is 0 Å². The van der Waals surface area contributed by atoms with E-state index in [1.54, 1.807) is 18.2 Å². The Hall–Kier alpha value is -0.480. The fraction of sp³-hybridized carbons (Fsp3) is 0.562. The fourth-order valence-corrected chi connectivity index (χ4v) is 3.80. The molecule has 6 heteroatoms. The predicted octanol–water partition coefficient (Wildman–Crippen LogP) is 3.42. The predicted molar refractivity (Wildman–Crippen MR) is 93.1 cm³/mol. The van der Waals surface area contributed by atoms with Crippen molar-refractivity contribution in [2.24, 2.45) is 11.8 Å². The minimum atomic E-state index is 0. The summed E-state index contributed by atoms with van der Waals surface area (Å²) in [6.45, 7) is 3.93. The number of nitrogens with one attached hydrogen (secondary N) is 1. The van der Waals surface area contributed by atoms with Crippen LogP contribution in [0.4, 0.5) is 0 Å². The molecule has 0 radical (unpaired) electrons. The number of hydrogen-bond donors (Lipinski definition) is 1. The number of fused-ring (bicyclic) bond motifs is 1. The summed E-state index contributed by atoms with van der Waals surface area (Å²) in [5, 5.41) is 4.69. The first-order valence-electron chi connectivity index (χ1n) is 7.56. The molecule has 3 rings (SSSR count). The van der Waals surface area contributed by atoms with Gasteiger partial charge in [0.05, 0.1) is 6.42 Å². The minimum absolute atomic E-state index is 0. The normalized spacial score (nSPS) is 24.4. The molecule has 122 valence electrons.